The second-order valence-electron chi connectivity index (χ2n) is 4.80. The molecule has 16 heavy (non-hydrogen) atoms. The molecule has 1 atom stereocenters. The molecule has 0 spiro atoms. The zero-order chi connectivity index (χ0) is 12.6. The molecular formula is C12H24O4. The van der Waals surface area contributed by atoms with Crippen LogP contribution in [0, 0.1) is 0 Å². The van der Waals surface area contributed by atoms with Crippen molar-refractivity contribution in [2.45, 2.75) is 58.7 Å². The van der Waals surface area contributed by atoms with Crippen LogP contribution in [-0.2, 0) is 14.3 Å². The summed E-state index contributed by atoms with van der Waals surface area (Å²) in [7, 11) is 0. The monoisotopic (exact) mass is 232 g/mol. The molecule has 0 amide bonds. The van der Waals surface area contributed by atoms with E-state index in [0.717, 1.165) is 12.8 Å². The Morgan fingerprint density at radius 3 is 2.38 bits per heavy atom. The molecular weight excluding hydrogens is 208 g/mol. The highest BCUT2D eigenvalue weighted by molar-refractivity contribution is 5.72. The van der Waals surface area contributed by atoms with E-state index in [1.54, 1.807) is 0 Å². The zero-order valence-electron chi connectivity index (χ0n) is 10.8. The molecule has 0 saturated heterocycles. The molecule has 0 heterocycles. The summed E-state index contributed by atoms with van der Waals surface area (Å²) in [6.45, 7) is 8.66. The molecule has 0 rings (SSSR count). The van der Waals surface area contributed by atoms with Crippen LogP contribution >= 0.6 is 0 Å². The Kier molecular flexibility index (Phi) is 7.34. The number of aliphatic carboxylic acids is 1. The Morgan fingerprint density at radius 2 is 1.94 bits per heavy atom. The predicted octanol–water partition coefficient (Wildman–Crippen LogP) is 2.46. The smallest absolute Gasteiger partial charge is 0.332 e. The van der Waals surface area contributed by atoms with Crippen molar-refractivity contribution in [3.63, 3.8) is 0 Å². The number of carbonyl (C=O) groups is 1. The topological polar surface area (TPSA) is 55.8 Å². The first-order valence-electron chi connectivity index (χ1n) is 5.85. The van der Waals surface area contributed by atoms with Gasteiger partial charge in [0.05, 0.1) is 18.8 Å². The Morgan fingerprint density at radius 1 is 1.31 bits per heavy atom. The fourth-order valence-electron chi connectivity index (χ4n) is 1.21. The average molecular weight is 232 g/mol. The summed E-state index contributed by atoms with van der Waals surface area (Å²) in [5.41, 5.74) is -0.203. The summed E-state index contributed by atoms with van der Waals surface area (Å²) in [6, 6.07) is 0. The molecule has 0 aliphatic carbocycles. The molecule has 4 heteroatoms. The van der Waals surface area contributed by atoms with Gasteiger partial charge in [-0.3, -0.25) is 0 Å². The molecule has 0 radical (unpaired) electrons. The van der Waals surface area contributed by atoms with Crippen LogP contribution in [-0.4, -0.2) is 36.0 Å². The van der Waals surface area contributed by atoms with Crippen LogP contribution in [0.25, 0.3) is 0 Å². The van der Waals surface area contributed by atoms with E-state index in [9.17, 15) is 4.79 Å². The van der Waals surface area contributed by atoms with E-state index in [4.69, 9.17) is 14.6 Å². The summed E-state index contributed by atoms with van der Waals surface area (Å²) in [5.74, 6) is -0.885. The van der Waals surface area contributed by atoms with Crippen molar-refractivity contribution in [3.05, 3.63) is 0 Å². The number of rotatable bonds is 8. The second-order valence-corrected chi connectivity index (χ2v) is 4.80. The maximum Gasteiger partial charge on any atom is 0.332 e. The van der Waals surface area contributed by atoms with E-state index in [2.05, 4.69) is 0 Å². The molecule has 96 valence electrons. The lowest BCUT2D eigenvalue weighted by atomic mass is 10.1. The molecule has 0 aliphatic rings. The Balaban J connectivity index is 3.72. The van der Waals surface area contributed by atoms with E-state index in [-0.39, 0.29) is 5.60 Å². The standard InChI is InChI=1S/C12H24O4/c1-5-6-7-10(11(13)14)15-8-9-16-12(2,3)4/h10H,5-9H2,1-4H3,(H,13,14). The van der Waals surface area contributed by atoms with Crippen molar-refractivity contribution < 1.29 is 19.4 Å². The van der Waals surface area contributed by atoms with Gasteiger partial charge in [-0.25, -0.2) is 4.79 Å². The first kappa shape index (κ1) is 15.4. The average Bonchev–Trinajstić information content (AvgIpc) is 2.14. The lowest BCUT2D eigenvalue weighted by molar-refractivity contribution is -0.152. The minimum absolute atomic E-state index is 0.203. The molecule has 0 aromatic heterocycles. The van der Waals surface area contributed by atoms with Crippen LogP contribution in [0.2, 0.25) is 0 Å². The van der Waals surface area contributed by atoms with E-state index < -0.39 is 12.1 Å². The highest BCUT2D eigenvalue weighted by Crippen LogP contribution is 2.08. The predicted molar refractivity (Wildman–Crippen MR) is 62.6 cm³/mol. The van der Waals surface area contributed by atoms with Gasteiger partial charge in [-0.05, 0) is 27.2 Å². The van der Waals surface area contributed by atoms with Gasteiger partial charge >= 0.3 is 5.97 Å². The third kappa shape index (κ3) is 8.68. The Labute approximate surface area is 97.9 Å². The van der Waals surface area contributed by atoms with Gasteiger partial charge < -0.3 is 14.6 Å². The van der Waals surface area contributed by atoms with Crippen LogP contribution < -0.4 is 0 Å². The van der Waals surface area contributed by atoms with E-state index >= 15 is 0 Å². The molecule has 0 fully saturated rings. The zero-order valence-corrected chi connectivity index (χ0v) is 10.8. The fraction of sp³-hybridized carbons (Fsp3) is 0.917. The number of carboxylic acid groups (broad SMARTS) is 1. The minimum atomic E-state index is -0.885. The van der Waals surface area contributed by atoms with Crippen molar-refractivity contribution >= 4 is 5.97 Å². The summed E-state index contributed by atoms with van der Waals surface area (Å²) >= 11 is 0. The minimum Gasteiger partial charge on any atom is -0.479 e. The van der Waals surface area contributed by atoms with Crippen molar-refractivity contribution in [2.24, 2.45) is 0 Å². The highest BCUT2D eigenvalue weighted by Gasteiger charge is 2.17. The maximum atomic E-state index is 10.8. The SMILES string of the molecule is CCCCC(OCCOC(C)(C)C)C(=O)O. The fourth-order valence-corrected chi connectivity index (χ4v) is 1.21. The maximum absolute atomic E-state index is 10.8. The van der Waals surface area contributed by atoms with Gasteiger partial charge in [-0.15, -0.1) is 0 Å². The number of hydrogen-bond acceptors (Lipinski definition) is 3. The van der Waals surface area contributed by atoms with Crippen molar-refractivity contribution in [2.75, 3.05) is 13.2 Å². The van der Waals surface area contributed by atoms with Crippen molar-refractivity contribution in [1.82, 2.24) is 0 Å². The van der Waals surface area contributed by atoms with Gasteiger partial charge in [0.1, 0.15) is 0 Å². The largest absolute Gasteiger partial charge is 0.479 e. The van der Waals surface area contributed by atoms with Crippen LogP contribution in [0.5, 0.6) is 0 Å². The molecule has 0 saturated carbocycles. The Hall–Kier alpha value is -0.610. The number of carboxylic acids is 1. The first-order chi connectivity index (χ1) is 7.37. The van der Waals surface area contributed by atoms with Crippen molar-refractivity contribution in [1.29, 1.82) is 0 Å². The first-order valence-corrected chi connectivity index (χ1v) is 5.85. The summed E-state index contributed by atoms with van der Waals surface area (Å²) in [5, 5.41) is 8.89. The second kappa shape index (κ2) is 7.63. The van der Waals surface area contributed by atoms with Crippen LogP contribution in [0.1, 0.15) is 47.0 Å². The molecule has 1 unspecified atom stereocenters. The molecule has 1 N–H and O–H groups in total. The Bertz CT molecular complexity index is 196. The van der Waals surface area contributed by atoms with Gasteiger partial charge in [0.15, 0.2) is 6.10 Å². The van der Waals surface area contributed by atoms with Gasteiger partial charge in [-0.2, -0.15) is 0 Å². The van der Waals surface area contributed by atoms with Crippen LogP contribution in [0.15, 0.2) is 0 Å². The van der Waals surface area contributed by atoms with Gasteiger partial charge in [0.25, 0.3) is 0 Å². The third-order valence-corrected chi connectivity index (χ3v) is 2.03. The lowest BCUT2D eigenvalue weighted by Crippen LogP contribution is -2.27. The van der Waals surface area contributed by atoms with E-state index in [0.29, 0.717) is 19.6 Å². The molecule has 0 aromatic carbocycles. The summed E-state index contributed by atoms with van der Waals surface area (Å²) < 4.78 is 10.7. The third-order valence-electron chi connectivity index (χ3n) is 2.03. The number of unbranched alkanes of at least 4 members (excludes halogenated alkanes) is 1. The molecule has 0 bridgehead atoms. The van der Waals surface area contributed by atoms with Crippen molar-refractivity contribution in [3.8, 4) is 0 Å². The molecule has 4 nitrogen and oxygen atoms in total. The summed E-state index contributed by atoms with van der Waals surface area (Å²) in [4.78, 5) is 10.8. The van der Waals surface area contributed by atoms with Gasteiger partial charge in [0.2, 0.25) is 0 Å². The number of hydrogen-bond donors (Lipinski definition) is 1. The summed E-state index contributed by atoms with van der Waals surface area (Å²) in [6.07, 6.45) is 1.73. The number of ether oxygens (including phenoxy) is 2. The lowest BCUT2D eigenvalue weighted by Gasteiger charge is -2.20. The normalized spacial score (nSPS) is 13.8. The van der Waals surface area contributed by atoms with E-state index in [1.807, 2.05) is 27.7 Å². The molecule has 0 aliphatic heterocycles. The van der Waals surface area contributed by atoms with Crippen LogP contribution in [0.3, 0.4) is 0 Å². The van der Waals surface area contributed by atoms with Crippen LogP contribution in [0.4, 0.5) is 0 Å². The van der Waals surface area contributed by atoms with Gasteiger partial charge in [-0.1, -0.05) is 19.8 Å². The van der Waals surface area contributed by atoms with Gasteiger partial charge in [0, 0.05) is 0 Å². The highest BCUT2D eigenvalue weighted by atomic mass is 16.5. The van der Waals surface area contributed by atoms with E-state index in [1.165, 1.54) is 0 Å². The quantitative estimate of drug-likeness (QED) is 0.653. The molecule has 0 aromatic rings.